The van der Waals surface area contributed by atoms with E-state index in [1.165, 1.54) is 6.08 Å². The van der Waals surface area contributed by atoms with E-state index in [9.17, 15) is 9.59 Å². The molecule has 0 atom stereocenters. The molecule has 2 aromatic rings. The molecule has 0 heterocycles. The third-order valence-electron chi connectivity index (χ3n) is 3.08. The van der Waals surface area contributed by atoms with E-state index in [4.69, 9.17) is 5.11 Å². The van der Waals surface area contributed by atoms with Gasteiger partial charge in [-0.3, -0.25) is 9.59 Å². The fourth-order valence-electron chi connectivity index (χ4n) is 1.93. The van der Waals surface area contributed by atoms with Crippen LogP contribution in [0.4, 0.5) is 5.69 Å². The maximum absolute atomic E-state index is 11.8. The largest absolute Gasteiger partial charge is 0.481 e. The van der Waals surface area contributed by atoms with Crippen molar-refractivity contribution < 1.29 is 14.7 Å². The van der Waals surface area contributed by atoms with Crippen molar-refractivity contribution in [1.82, 2.24) is 0 Å². The topological polar surface area (TPSA) is 66.4 Å². The van der Waals surface area contributed by atoms with E-state index in [0.717, 1.165) is 11.1 Å². The van der Waals surface area contributed by atoms with Gasteiger partial charge in [0.05, 0.1) is 0 Å². The summed E-state index contributed by atoms with van der Waals surface area (Å²) in [5.74, 6) is -1.02. The van der Waals surface area contributed by atoms with Gasteiger partial charge in [-0.15, -0.1) is 0 Å². The second-order valence-electron chi connectivity index (χ2n) is 4.82. The van der Waals surface area contributed by atoms with Crippen molar-refractivity contribution in [3.8, 4) is 0 Å². The van der Waals surface area contributed by atoms with Crippen molar-refractivity contribution in [1.29, 1.82) is 0 Å². The number of aliphatic carboxylic acids is 1. The number of hydrogen-bond acceptors (Lipinski definition) is 2. The molecule has 0 aliphatic rings. The third kappa shape index (κ3) is 5.25. The van der Waals surface area contributed by atoms with Crippen LogP contribution in [0, 0.1) is 0 Å². The van der Waals surface area contributed by atoms with Gasteiger partial charge in [-0.2, -0.15) is 0 Å². The molecule has 2 N–H and O–H groups in total. The minimum atomic E-state index is -0.816. The number of amides is 1. The normalized spacial score (nSPS) is 10.5. The molecular formula is C18H17NO3. The molecule has 4 nitrogen and oxygen atoms in total. The summed E-state index contributed by atoms with van der Waals surface area (Å²) in [6.45, 7) is 0. The van der Waals surface area contributed by atoms with Crippen molar-refractivity contribution in [3.63, 3.8) is 0 Å². The Labute approximate surface area is 129 Å². The SMILES string of the molecule is O=C(O)CCc1ccc(NC(=O)/C=C/c2ccccc2)cc1. The summed E-state index contributed by atoms with van der Waals surface area (Å²) in [5.41, 5.74) is 2.57. The number of nitrogens with one attached hydrogen (secondary N) is 1. The summed E-state index contributed by atoms with van der Waals surface area (Å²) in [7, 11) is 0. The average molecular weight is 295 g/mol. The van der Waals surface area contributed by atoms with Crippen LogP contribution in [0.3, 0.4) is 0 Å². The molecule has 112 valence electrons. The van der Waals surface area contributed by atoms with Crippen LogP contribution in [0.25, 0.3) is 6.08 Å². The van der Waals surface area contributed by atoms with E-state index in [2.05, 4.69) is 5.32 Å². The molecule has 0 fully saturated rings. The molecular weight excluding hydrogens is 278 g/mol. The standard InChI is InChI=1S/C18H17NO3/c20-17(12-8-14-4-2-1-3-5-14)19-16-10-6-15(7-11-16)9-13-18(21)22/h1-8,10-12H,9,13H2,(H,19,20)(H,21,22)/b12-8+. The van der Waals surface area contributed by atoms with Crippen LogP contribution in [0.15, 0.2) is 60.7 Å². The first-order valence-electron chi connectivity index (χ1n) is 6.98. The van der Waals surface area contributed by atoms with E-state index in [-0.39, 0.29) is 12.3 Å². The zero-order chi connectivity index (χ0) is 15.8. The van der Waals surface area contributed by atoms with E-state index < -0.39 is 5.97 Å². The Hall–Kier alpha value is -2.88. The molecule has 2 rings (SSSR count). The summed E-state index contributed by atoms with van der Waals surface area (Å²) in [5, 5.41) is 11.4. The summed E-state index contributed by atoms with van der Waals surface area (Å²) in [6, 6.07) is 16.8. The molecule has 0 bridgehead atoms. The lowest BCUT2D eigenvalue weighted by Gasteiger charge is -2.04. The molecule has 0 saturated heterocycles. The molecule has 1 amide bonds. The van der Waals surface area contributed by atoms with E-state index in [1.807, 2.05) is 42.5 Å². The van der Waals surface area contributed by atoms with Crippen molar-refractivity contribution in [3.05, 3.63) is 71.8 Å². The molecule has 0 spiro atoms. The first kappa shape index (κ1) is 15.5. The number of anilines is 1. The van der Waals surface area contributed by atoms with Gasteiger partial charge in [-0.1, -0.05) is 42.5 Å². The van der Waals surface area contributed by atoms with Gasteiger partial charge in [0.15, 0.2) is 0 Å². The van der Waals surface area contributed by atoms with Crippen molar-refractivity contribution in [2.24, 2.45) is 0 Å². The highest BCUT2D eigenvalue weighted by molar-refractivity contribution is 6.01. The predicted molar refractivity (Wildman–Crippen MR) is 86.5 cm³/mol. The summed E-state index contributed by atoms with van der Waals surface area (Å²) < 4.78 is 0. The monoisotopic (exact) mass is 295 g/mol. The minimum Gasteiger partial charge on any atom is -0.481 e. The number of aryl methyl sites for hydroxylation is 1. The Kier molecular flexibility index (Phi) is 5.49. The van der Waals surface area contributed by atoms with Crippen LogP contribution < -0.4 is 5.32 Å². The Morgan fingerprint density at radius 2 is 1.68 bits per heavy atom. The lowest BCUT2D eigenvalue weighted by Crippen LogP contribution is -2.07. The number of carboxylic acid groups (broad SMARTS) is 1. The van der Waals surface area contributed by atoms with Crippen molar-refractivity contribution in [2.75, 3.05) is 5.32 Å². The molecule has 0 saturated carbocycles. The number of carbonyl (C=O) groups excluding carboxylic acids is 1. The lowest BCUT2D eigenvalue weighted by atomic mass is 10.1. The second kappa shape index (κ2) is 7.78. The average Bonchev–Trinajstić information content (AvgIpc) is 2.53. The van der Waals surface area contributed by atoms with E-state index in [0.29, 0.717) is 12.1 Å². The van der Waals surface area contributed by atoms with E-state index >= 15 is 0 Å². The Morgan fingerprint density at radius 3 is 2.32 bits per heavy atom. The van der Waals surface area contributed by atoms with E-state index in [1.54, 1.807) is 18.2 Å². The van der Waals surface area contributed by atoms with Crippen LogP contribution in [0.2, 0.25) is 0 Å². The number of rotatable bonds is 6. The summed E-state index contributed by atoms with van der Waals surface area (Å²) in [6.07, 6.45) is 3.81. The molecule has 2 aromatic carbocycles. The van der Waals surface area contributed by atoms with Gasteiger partial charge in [-0.05, 0) is 35.8 Å². The minimum absolute atomic E-state index is 0.103. The van der Waals surface area contributed by atoms with Gasteiger partial charge >= 0.3 is 5.97 Å². The van der Waals surface area contributed by atoms with Crippen molar-refractivity contribution in [2.45, 2.75) is 12.8 Å². The summed E-state index contributed by atoms with van der Waals surface area (Å²) in [4.78, 5) is 22.3. The first-order chi connectivity index (χ1) is 10.6. The van der Waals surface area contributed by atoms with Gasteiger partial charge in [0.1, 0.15) is 0 Å². The molecule has 4 heteroatoms. The molecule has 0 radical (unpaired) electrons. The Balaban J connectivity index is 1.89. The fraction of sp³-hybridized carbons (Fsp3) is 0.111. The molecule has 22 heavy (non-hydrogen) atoms. The second-order valence-corrected chi connectivity index (χ2v) is 4.82. The zero-order valence-electron chi connectivity index (χ0n) is 12.0. The van der Waals surface area contributed by atoms with Gasteiger partial charge in [-0.25, -0.2) is 0 Å². The zero-order valence-corrected chi connectivity index (χ0v) is 12.0. The van der Waals surface area contributed by atoms with Crippen molar-refractivity contribution >= 4 is 23.6 Å². The molecule has 0 unspecified atom stereocenters. The van der Waals surface area contributed by atoms with Crippen LogP contribution in [0.5, 0.6) is 0 Å². The fourth-order valence-corrected chi connectivity index (χ4v) is 1.93. The maximum Gasteiger partial charge on any atom is 0.303 e. The number of carboxylic acids is 1. The summed E-state index contributed by atoms with van der Waals surface area (Å²) >= 11 is 0. The van der Waals surface area contributed by atoms with Crippen LogP contribution in [0.1, 0.15) is 17.5 Å². The van der Waals surface area contributed by atoms with Crippen LogP contribution in [-0.4, -0.2) is 17.0 Å². The van der Waals surface area contributed by atoms with Gasteiger partial charge in [0, 0.05) is 18.2 Å². The highest BCUT2D eigenvalue weighted by Gasteiger charge is 2.01. The highest BCUT2D eigenvalue weighted by Crippen LogP contribution is 2.11. The molecule has 0 aliphatic heterocycles. The Bertz CT molecular complexity index is 660. The smallest absolute Gasteiger partial charge is 0.303 e. The quantitative estimate of drug-likeness (QED) is 0.803. The number of hydrogen-bond donors (Lipinski definition) is 2. The van der Waals surface area contributed by atoms with Gasteiger partial charge in [0.25, 0.3) is 0 Å². The van der Waals surface area contributed by atoms with Crippen LogP contribution >= 0.6 is 0 Å². The lowest BCUT2D eigenvalue weighted by molar-refractivity contribution is -0.137. The molecule has 0 aliphatic carbocycles. The highest BCUT2D eigenvalue weighted by atomic mass is 16.4. The third-order valence-corrected chi connectivity index (χ3v) is 3.08. The maximum atomic E-state index is 11.8. The van der Waals surface area contributed by atoms with Gasteiger partial charge < -0.3 is 10.4 Å². The van der Waals surface area contributed by atoms with Crippen LogP contribution in [-0.2, 0) is 16.0 Å². The number of benzene rings is 2. The first-order valence-corrected chi connectivity index (χ1v) is 6.98. The van der Waals surface area contributed by atoms with Gasteiger partial charge in [0.2, 0.25) is 5.91 Å². The Morgan fingerprint density at radius 1 is 1.00 bits per heavy atom. The number of carbonyl (C=O) groups is 2. The predicted octanol–water partition coefficient (Wildman–Crippen LogP) is 3.36. The molecule has 0 aromatic heterocycles.